The smallest absolute Gasteiger partial charge is 0.137 e. The highest BCUT2D eigenvalue weighted by Gasteiger charge is 2.14. The summed E-state index contributed by atoms with van der Waals surface area (Å²) in [5.41, 5.74) is 5.02. The summed E-state index contributed by atoms with van der Waals surface area (Å²) in [6, 6.07) is 6.48. The van der Waals surface area contributed by atoms with Crippen LogP contribution in [0.25, 0.3) is 0 Å². The Morgan fingerprint density at radius 1 is 1.26 bits per heavy atom. The number of halogens is 1. The molecule has 1 aromatic heterocycles. The maximum absolute atomic E-state index is 13.3. The summed E-state index contributed by atoms with van der Waals surface area (Å²) < 4.78 is 18.4. The van der Waals surface area contributed by atoms with Crippen molar-refractivity contribution in [2.45, 2.75) is 13.0 Å². The van der Waals surface area contributed by atoms with Crippen molar-refractivity contribution in [1.82, 2.24) is 10.4 Å². The highest BCUT2D eigenvalue weighted by molar-refractivity contribution is 5.36. The zero-order valence-electron chi connectivity index (χ0n) is 10.9. The van der Waals surface area contributed by atoms with Gasteiger partial charge in [0.25, 0.3) is 0 Å². The summed E-state index contributed by atoms with van der Waals surface area (Å²) in [6.45, 7) is 1.72. The molecule has 0 aliphatic heterocycles. The van der Waals surface area contributed by atoms with E-state index in [-0.39, 0.29) is 11.9 Å². The van der Waals surface area contributed by atoms with E-state index < -0.39 is 0 Å². The summed E-state index contributed by atoms with van der Waals surface area (Å²) in [6.07, 6.45) is 3.32. The van der Waals surface area contributed by atoms with Gasteiger partial charge < -0.3 is 4.74 Å². The van der Waals surface area contributed by atoms with Crippen LogP contribution in [0.4, 0.5) is 4.39 Å². The number of pyridine rings is 1. The first-order valence-electron chi connectivity index (χ1n) is 5.87. The average molecular weight is 261 g/mol. The van der Waals surface area contributed by atoms with Gasteiger partial charge in [0.1, 0.15) is 11.6 Å². The van der Waals surface area contributed by atoms with Crippen molar-refractivity contribution in [1.29, 1.82) is 0 Å². The first-order chi connectivity index (χ1) is 9.15. The van der Waals surface area contributed by atoms with Crippen molar-refractivity contribution >= 4 is 0 Å². The lowest BCUT2D eigenvalue weighted by molar-refractivity contribution is 0.411. The molecule has 0 aliphatic rings. The zero-order valence-corrected chi connectivity index (χ0v) is 10.9. The maximum Gasteiger partial charge on any atom is 0.137 e. The molecule has 5 heteroatoms. The zero-order chi connectivity index (χ0) is 13.8. The van der Waals surface area contributed by atoms with Gasteiger partial charge in [-0.1, -0.05) is 12.1 Å². The van der Waals surface area contributed by atoms with Gasteiger partial charge in [-0.05, 0) is 35.7 Å². The van der Waals surface area contributed by atoms with Crippen molar-refractivity contribution < 1.29 is 9.13 Å². The molecule has 0 saturated carbocycles. The van der Waals surface area contributed by atoms with Crippen LogP contribution in [-0.2, 0) is 0 Å². The summed E-state index contributed by atoms with van der Waals surface area (Å²) in [4.78, 5) is 4.10. The number of aryl methyl sites for hydroxylation is 1. The van der Waals surface area contributed by atoms with Gasteiger partial charge in [0, 0.05) is 6.20 Å². The second-order valence-corrected chi connectivity index (χ2v) is 4.27. The number of methoxy groups -OCH3 is 1. The molecule has 1 unspecified atom stereocenters. The van der Waals surface area contributed by atoms with Gasteiger partial charge in [0.15, 0.2) is 0 Å². The van der Waals surface area contributed by atoms with Crippen LogP contribution >= 0.6 is 0 Å². The molecule has 0 radical (unpaired) electrons. The molecule has 2 aromatic rings. The normalized spacial score (nSPS) is 12.2. The SMILES string of the molecule is COc1cncc(C(NN)c2ccc(F)c(C)c2)c1. The predicted molar refractivity (Wildman–Crippen MR) is 71.1 cm³/mol. The van der Waals surface area contributed by atoms with Crippen molar-refractivity contribution in [3.63, 3.8) is 0 Å². The second kappa shape index (κ2) is 5.77. The molecule has 1 atom stereocenters. The average Bonchev–Trinajstić information content (AvgIpc) is 2.44. The van der Waals surface area contributed by atoms with Crippen molar-refractivity contribution in [2.24, 2.45) is 5.84 Å². The Morgan fingerprint density at radius 3 is 2.68 bits per heavy atom. The van der Waals surface area contributed by atoms with Crippen molar-refractivity contribution in [3.05, 3.63) is 59.2 Å². The number of nitrogens with two attached hydrogens (primary N) is 1. The fraction of sp³-hybridized carbons (Fsp3) is 0.214. The molecule has 0 aliphatic carbocycles. The van der Waals surface area contributed by atoms with Crippen LogP contribution in [0, 0.1) is 12.7 Å². The van der Waals surface area contributed by atoms with E-state index >= 15 is 0 Å². The first kappa shape index (κ1) is 13.5. The molecule has 4 nitrogen and oxygen atoms in total. The molecule has 19 heavy (non-hydrogen) atoms. The number of nitrogens with one attached hydrogen (secondary N) is 1. The lowest BCUT2D eigenvalue weighted by atomic mass is 9.99. The van der Waals surface area contributed by atoms with Gasteiger partial charge in [-0.3, -0.25) is 10.8 Å². The van der Waals surface area contributed by atoms with E-state index in [1.807, 2.05) is 6.07 Å². The van der Waals surface area contributed by atoms with Crippen LogP contribution in [0.1, 0.15) is 22.7 Å². The van der Waals surface area contributed by atoms with Crippen LogP contribution in [0.5, 0.6) is 5.75 Å². The Kier molecular flexibility index (Phi) is 4.09. The number of hydrogen-bond acceptors (Lipinski definition) is 4. The molecule has 1 aromatic carbocycles. The fourth-order valence-corrected chi connectivity index (χ4v) is 1.94. The largest absolute Gasteiger partial charge is 0.495 e. The van der Waals surface area contributed by atoms with E-state index in [1.165, 1.54) is 6.07 Å². The monoisotopic (exact) mass is 261 g/mol. The molecule has 1 heterocycles. The number of rotatable bonds is 4. The molecule has 3 N–H and O–H groups in total. The minimum atomic E-state index is -0.262. The minimum absolute atomic E-state index is 0.233. The van der Waals surface area contributed by atoms with Crippen LogP contribution in [0.15, 0.2) is 36.7 Å². The molecule has 2 rings (SSSR count). The van der Waals surface area contributed by atoms with Gasteiger partial charge in [0.2, 0.25) is 0 Å². The highest BCUT2D eigenvalue weighted by atomic mass is 19.1. The third kappa shape index (κ3) is 2.89. The molecule has 0 fully saturated rings. The summed E-state index contributed by atoms with van der Waals surface area (Å²) in [5, 5.41) is 0. The summed E-state index contributed by atoms with van der Waals surface area (Å²) in [7, 11) is 1.58. The van der Waals surface area contributed by atoms with Crippen LogP contribution < -0.4 is 16.0 Å². The van der Waals surface area contributed by atoms with E-state index in [1.54, 1.807) is 38.6 Å². The number of hydrogen-bond donors (Lipinski definition) is 2. The standard InChI is InChI=1S/C14H16FN3O/c1-9-5-10(3-4-13(9)15)14(18-16)11-6-12(19-2)8-17-7-11/h3-8,14,18H,16H2,1-2H3. The first-order valence-corrected chi connectivity index (χ1v) is 5.87. The lowest BCUT2D eigenvalue weighted by Crippen LogP contribution is -2.29. The van der Waals surface area contributed by atoms with Crippen molar-refractivity contribution in [2.75, 3.05) is 7.11 Å². The van der Waals surface area contributed by atoms with E-state index in [0.29, 0.717) is 11.3 Å². The Morgan fingerprint density at radius 2 is 2.05 bits per heavy atom. The Balaban J connectivity index is 2.40. The number of ether oxygens (including phenoxy) is 1. The van der Waals surface area contributed by atoms with Crippen molar-refractivity contribution in [3.8, 4) is 5.75 Å². The third-order valence-electron chi connectivity index (χ3n) is 2.99. The topological polar surface area (TPSA) is 60.2 Å². The van der Waals surface area contributed by atoms with Gasteiger partial charge in [-0.2, -0.15) is 0 Å². The molecule has 0 bridgehead atoms. The molecular weight excluding hydrogens is 245 g/mol. The Bertz CT molecular complexity index is 574. The number of aromatic nitrogens is 1. The van der Waals surface area contributed by atoms with Crippen LogP contribution in [0.2, 0.25) is 0 Å². The minimum Gasteiger partial charge on any atom is -0.495 e. The van der Waals surface area contributed by atoms with E-state index in [0.717, 1.165) is 11.1 Å². The highest BCUT2D eigenvalue weighted by Crippen LogP contribution is 2.24. The Hall–Kier alpha value is -1.98. The fourth-order valence-electron chi connectivity index (χ4n) is 1.94. The van der Waals surface area contributed by atoms with Crippen LogP contribution in [0.3, 0.4) is 0 Å². The molecule has 0 amide bonds. The van der Waals surface area contributed by atoms with Gasteiger partial charge in [0.05, 0.1) is 19.3 Å². The maximum atomic E-state index is 13.3. The quantitative estimate of drug-likeness (QED) is 0.653. The third-order valence-corrected chi connectivity index (χ3v) is 2.99. The molecule has 0 saturated heterocycles. The molecule has 0 spiro atoms. The number of hydrazine groups is 1. The van der Waals surface area contributed by atoms with E-state index in [9.17, 15) is 4.39 Å². The van der Waals surface area contributed by atoms with Gasteiger partial charge >= 0.3 is 0 Å². The van der Waals surface area contributed by atoms with Gasteiger partial charge in [-0.15, -0.1) is 0 Å². The van der Waals surface area contributed by atoms with E-state index in [2.05, 4.69) is 10.4 Å². The van der Waals surface area contributed by atoms with E-state index in [4.69, 9.17) is 10.6 Å². The van der Waals surface area contributed by atoms with Gasteiger partial charge in [-0.25, -0.2) is 9.82 Å². The number of nitrogens with zero attached hydrogens (tertiary/aromatic N) is 1. The lowest BCUT2D eigenvalue weighted by Gasteiger charge is -2.17. The predicted octanol–water partition coefficient (Wildman–Crippen LogP) is 2.09. The summed E-state index contributed by atoms with van der Waals surface area (Å²) in [5.74, 6) is 6.02. The second-order valence-electron chi connectivity index (χ2n) is 4.27. The summed E-state index contributed by atoms with van der Waals surface area (Å²) >= 11 is 0. The molecular formula is C14H16FN3O. The molecule has 100 valence electrons. The number of benzene rings is 1. The van der Waals surface area contributed by atoms with Crippen LogP contribution in [-0.4, -0.2) is 12.1 Å². The Labute approximate surface area is 111 Å².